The van der Waals surface area contributed by atoms with Crippen molar-refractivity contribution in [3.63, 3.8) is 0 Å². The molecule has 1 saturated heterocycles. The summed E-state index contributed by atoms with van der Waals surface area (Å²) in [4.78, 5) is 24.7. The average Bonchev–Trinajstić information content (AvgIpc) is 2.83. The van der Waals surface area contributed by atoms with E-state index in [9.17, 15) is 9.59 Å². The molecule has 1 aromatic rings. The second-order valence-electron chi connectivity index (χ2n) is 5.47. The summed E-state index contributed by atoms with van der Waals surface area (Å²) in [5.74, 6) is -1.27. The predicted octanol–water partition coefficient (Wildman–Crippen LogP) is 2.55. The third kappa shape index (κ3) is 2.92. The van der Waals surface area contributed by atoms with Gasteiger partial charge in [0.25, 0.3) is 0 Å². The van der Waals surface area contributed by atoms with E-state index in [1.807, 2.05) is 32.9 Å². The molecular formula is C15H20N2O3. The molecule has 1 heterocycles. The van der Waals surface area contributed by atoms with Gasteiger partial charge in [0.1, 0.15) is 0 Å². The number of carbonyl (C=O) groups is 2. The molecule has 0 radical (unpaired) electrons. The Balaban J connectivity index is 2.08. The van der Waals surface area contributed by atoms with Gasteiger partial charge in [0.15, 0.2) is 0 Å². The van der Waals surface area contributed by atoms with Crippen LogP contribution in [0.4, 0.5) is 10.5 Å². The SMILES string of the molecule is Cc1cc(C)c(NC(=O)N2CCC(C(=O)O)C2)c(C)c1. The molecule has 0 aromatic heterocycles. The summed E-state index contributed by atoms with van der Waals surface area (Å²) in [5, 5.41) is 11.9. The molecule has 0 spiro atoms. The van der Waals surface area contributed by atoms with Gasteiger partial charge in [-0.05, 0) is 38.3 Å². The van der Waals surface area contributed by atoms with Gasteiger partial charge in [-0.15, -0.1) is 0 Å². The van der Waals surface area contributed by atoms with E-state index in [1.54, 1.807) is 4.90 Å². The normalized spacial score (nSPS) is 18.1. The average molecular weight is 276 g/mol. The number of aliphatic carboxylic acids is 1. The number of nitrogens with zero attached hydrogens (tertiary/aromatic N) is 1. The summed E-state index contributed by atoms with van der Waals surface area (Å²) in [6.45, 7) is 6.71. The summed E-state index contributed by atoms with van der Waals surface area (Å²) in [7, 11) is 0. The van der Waals surface area contributed by atoms with E-state index in [1.165, 1.54) is 0 Å². The summed E-state index contributed by atoms with van der Waals surface area (Å²) in [6.07, 6.45) is 0.522. The number of hydrogen-bond acceptors (Lipinski definition) is 2. The van der Waals surface area contributed by atoms with Gasteiger partial charge in [-0.3, -0.25) is 4.79 Å². The molecule has 0 aliphatic carbocycles. The van der Waals surface area contributed by atoms with Crippen molar-refractivity contribution < 1.29 is 14.7 Å². The van der Waals surface area contributed by atoms with Crippen LogP contribution in [-0.4, -0.2) is 35.1 Å². The topological polar surface area (TPSA) is 69.6 Å². The number of urea groups is 1. The molecular weight excluding hydrogens is 256 g/mol. The van der Waals surface area contributed by atoms with Gasteiger partial charge in [-0.2, -0.15) is 0 Å². The van der Waals surface area contributed by atoms with Gasteiger partial charge in [-0.25, -0.2) is 4.79 Å². The molecule has 1 atom stereocenters. The van der Waals surface area contributed by atoms with E-state index >= 15 is 0 Å². The summed E-state index contributed by atoms with van der Waals surface area (Å²) < 4.78 is 0. The van der Waals surface area contributed by atoms with Crippen molar-refractivity contribution >= 4 is 17.7 Å². The maximum atomic E-state index is 12.2. The molecule has 2 rings (SSSR count). The highest BCUT2D eigenvalue weighted by Crippen LogP contribution is 2.23. The number of carboxylic acid groups (broad SMARTS) is 1. The van der Waals surface area contributed by atoms with Crippen LogP contribution in [0.2, 0.25) is 0 Å². The maximum Gasteiger partial charge on any atom is 0.321 e. The number of rotatable bonds is 2. The molecule has 108 valence electrons. The van der Waals surface area contributed by atoms with Gasteiger partial charge < -0.3 is 15.3 Å². The number of nitrogens with one attached hydrogen (secondary N) is 1. The van der Waals surface area contributed by atoms with Crippen LogP contribution in [0.15, 0.2) is 12.1 Å². The Kier molecular flexibility index (Phi) is 3.97. The predicted molar refractivity (Wildman–Crippen MR) is 77.0 cm³/mol. The largest absolute Gasteiger partial charge is 0.481 e. The van der Waals surface area contributed by atoms with Crippen LogP contribution in [0.5, 0.6) is 0 Å². The highest BCUT2D eigenvalue weighted by Gasteiger charge is 2.31. The second kappa shape index (κ2) is 5.53. The number of aryl methyl sites for hydroxylation is 3. The van der Waals surface area contributed by atoms with E-state index in [-0.39, 0.29) is 12.6 Å². The van der Waals surface area contributed by atoms with Crippen LogP contribution < -0.4 is 5.32 Å². The number of amides is 2. The summed E-state index contributed by atoms with van der Waals surface area (Å²) in [6, 6.07) is 3.82. The highest BCUT2D eigenvalue weighted by atomic mass is 16.4. The monoisotopic (exact) mass is 276 g/mol. The third-order valence-corrected chi connectivity index (χ3v) is 3.73. The number of carbonyl (C=O) groups excluding carboxylic acids is 1. The maximum absolute atomic E-state index is 12.2. The Labute approximate surface area is 118 Å². The van der Waals surface area contributed by atoms with Crippen molar-refractivity contribution in [3.8, 4) is 0 Å². The minimum absolute atomic E-state index is 0.219. The molecule has 5 heteroatoms. The highest BCUT2D eigenvalue weighted by molar-refractivity contribution is 5.91. The first kappa shape index (κ1) is 14.4. The molecule has 1 aliphatic rings. The van der Waals surface area contributed by atoms with Crippen molar-refractivity contribution in [2.75, 3.05) is 18.4 Å². The standard InChI is InChI=1S/C15H20N2O3/c1-9-6-10(2)13(11(3)7-9)16-15(20)17-5-4-12(8-17)14(18)19/h6-7,12H,4-5,8H2,1-3H3,(H,16,20)(H,18,19). The fraction of sp³-hybridized carbons (Fsp3) is 0.467. The number of anilines is 1. The minimum Gasteiger partial charge on any atom is -0.481 e. The van der Waals surface area contributed by atoms with Crippen LogP contribution >= 0.6 is 0 Å². The molecule has 20 heavy (non-hydrogen) atoms. The lowest BCUT2D eigenvalue weighted by Gasteiger charge is -2.19. The zero-order chi connectivity index (χ0) is 14.9. The Morgan fingerprint density at radius 1 is 1.25 bits per heavy atom. The lowest BCUT2D eigenvalue weighted by Crippen LogP contribution is -2.34. The lowest BCUT2D eigenvalue weighted by molar-refractivity contribution is -0.141. The minimum atomic E-state index is -0.831. The Morgan fingerprint density at radius 2 is 1.85 bits per heavy atom. The fourth-order valence-electron chi connectivity index (χ4n) is 2.71. The quantitative estimate of drug-likeness (QED) is 0.872. The lowest BCUT2D eigenvalue weighted by atomic mass is 10.1. The van der Waals surface area contributed by atoms with E-state index < -0.39 is 11.9 Å². The van der Waals surface area contributed by atoms with E-state index in [0.717, 1.165) is 22.4 Å². The van der Waals surface area contributed by atoms with Gasteiger partial charge >= 0.3 is 12.0 Å². The van der Waals surface area contributed by atoms with Gasteiger partial charge in [-0.1, -0.05) is 17.7 Å². The van der Waals surface area contributed by atoms with Crippen LogP contribution in [-0.2, 0) is 4.79 Å². The molecule has 1 aliphatic heterocycles. The first-order valence-corrected chi connectivity index (χ1v) is 6.75. The van der Waals surface area contributed by atoms with Crippen LogP contribution in [0, 0.1) is 26.7 Å². The van der Waals surface area contributed by atoms with E-state index in [2.05, 4.69) is 5.32 Å². The number of benzene rings is 1. The zero-order valence-electron chi connectivity index (χ0n) is 12.1. The van der Waals surface area contributed by atoms with E-state index in [0.29, 0.717) is 13.0 Å². The van der Waals surface area contributed by atoms with Crippen molar-refractivity contribution in [1.82, 2.24) is 4.90 Å². The first-order chi connectivity index (χ1) is 9.38. The van der Waals surface area contributed by atoms with Crippen LogP contribution in [0.25, 0.3) is 0 Å². The molecule has 2 N–H and O–H groups in total. The zero-order valence-corrected chi connectivity index (χ0v) is 12.1. The van der Waals surface area contributed by atoms with Gasteiger partial charge in [0.05, 0.1) is 5.92 Å². The Bertz CT molecular complexity index is 531. The second-order valence-corrected chi connectivity index (χ2v) is 5.47. The molecule has 2 amide bonds. The fourth-order valence-corrected chi connectivity index (χ4v) is 2.71. The van der Waals surface area contributed by atoms with Crippen molar-refractivity contribution in [3.05, 3.63) is 28.8 Å². The Morgan fingerprint density at radius 3 is 2.35 bits per heavy atom. The molecule has 1 unspecified atom stereocenters. The third-order valence-electron chi connectivity index (χ3n) is 3.73. The van der Waals surface area contributed by atoms with Crippen molar-refractivity contribution in [1.29, 1.82) is 0 Å². The number of hydrogen-bond donors (Lipinski definition) is 2. The summed E-state index contributed by atoms with van der Waals surface area (Å²) in [5.41, 5.74) is 4.01. The van der Waals surface area contributed by atoms with Crippen LogP contribution in [0.3, 0.4) is 0 Å². The molecule has 0 saturated carbocycles. The first-order valence-electron chi connectivity index (χ1n) is 6.75. The van der Waals surface area contributed by atoms with Crippen LogP contribution in [0.1, 0.15) is 23.1 Å². The smallest absolute Gasteiger partial charge is 0.321 e. The van der Waals surface area contributed by atoms with Crippen molar-refractivity contribution in [2.45, 2.75) is 27.2 Å². The Hall–Kier alpha value is -2.04. The van der Waals surface area contributed by atoms with Crippen molar-refractivity contribution in [2.24, 2.45) is 5.92 Å². The molecule has 1 aromatic carbocycles. The van der Waals surface area contributed by atoms with E-state index in [4.69, 9.17) is 5.11 Å². The number of carboxylic acids is 1. The molecule has 0 bridgehead atoms. The van der Waals surface area contributed by atoms with Gasteiger partial charge in [0, 0.05) is 18.8 Å². The summed E-state index contributed by atoms with van der Waals surface area (Å²) >= 11 is 0. The van der Waals surface area contributed by atoms with Gasteiger partial charge in [0.2, 0.25) is 0 Å². The number of likely N-dealkylation sites (tertiary alicyclic amines) is 1. The molecule has 5 nitrogen and oxygen atoms in total. The molecule has 1 fully saturated rings.